The summed E-state index contributed by atoms with van der Waals surface area (Å²) in [6.07, 6.45) is 19.1. The Labute approximate surface area is 131 Å². The predicted molar refractivity (Wildman–Crippen MR) is 88.7 cm³/mol. The van der Waals surface area contributed by atoms with E-state index in [1.165, 1.54) is 83.5 Å². The van der Waals surface area contributed by atoms with Crippen molar-refractivity contribution in [3.63, 3.8) is 0 Å². The Morgan fingerprint density at radius 1 is 0.857 bits per heavy atom. The molecule has 0 aromatic heterocycles. The first-order chi connectivity index (χ1) is 10.3. The summed E-state index contributed by atoms with van der Waals surface area (Å²) >= 11 is 0. The highest BCUT2D eigenvalue weighted by Crippen LogP contribution is 2.23. The molecule has 1 atom stereocenters. The number of carbonyl (C=O) groups excluding carboxylic acids is 1. The standard InChI is InChI=1S/C18H34O.H2O2/c1-2-3-4-5-8-11-14-17-15-12-9-6-7-10-13-16-18(17)19;1-2/h17H,2-16H2,1H3;1-2H. The zero-order valence-electron chi connectivity index (χ0n) is 14.0. The lowest BCUT2D eigenvalue weighted by atomic mass is 9.87. The number of hydrogen-bond donors (Lipinski definition) is 2. The van der Waals surface area contributed by atoms with E-state index in [0.29, 0.717) is 11.7 Å². The fourth-order valence-corrected chi connectivity index (χ4v) is 3.24. The minimum Gasteiger partial charge on any atom is -0.299 e. The molecule has 0 aliphatic heterocycles. The minimum absolute atomic E-state index is 0.407. The van der Waals surface area contributed by atoms with E-state index >= 15 is 0 Å². The molecule has 2 N–H and O–H groups in total. The molecule has 0 heterocycles. The topological polar surface area (TPSA) is 57.5 Å². The molecule has 1 aliphatic carbocycles. The second kappa shape index (κ2) is 16.0. The number of rotatable bonds is 7. The van der Waals surface area contributed by atoms with Gasteiger partial charge in [0.2, 0.25) is 0 Å². The highest BCUT2D eigenvalue weighted by molar-refractivity contribution is 5.80. The summed E-state index contributed by atoms with van der Waals surface area (Å²) in [4.78, 5) is 12.2. The molecule has 0 amide bonds. The molecule has 0 bridgehead atoms. The molecular weight excluding hydrogens is 264 g/mol. The summed E-state index contributed by atoms with van der Waals surface area (Å²) in [5.41, 5.74) is 0. The maximum Gasteiger partial charge on any atom is 0.135 e. The van der Waals surface area contributed by atoms with Gasteiger partial charge in [0.1, 0.15) is 5.78 Å². The average Bonchev–Trinajstić information content (AvgIpc) is 2.53. The van der Waals surface area contributed by atoms with Crippen molar-refractivity contribution in [2.24, 2.45) is 5.92 Å². The molecule has 0 aromatic rings. The minimum atomic E-state index is 0.407. The van der Waals surface area contributed by atoms with Gasteiger partial charge < -0.3 is 0 Å². The van der Waals surface area contributed by atoms with Crippen molar-refractivity contribution in [1.82, 2.24) is 0 Å². The first-order valence-electron chi connectivity index (χ1n) is 9.07. The molecular formula is C18H36O3. The van der Waals surface area contributed by atoms with Crippen molar-refractivity contribution in [2.75, 3.05) is 0 Å². The number of hydrogen-bond acceptors (Lipinski definition) is 3. The molecule has 0 spiro atoms. The van der Waals surface area contributed by atoms with Gasteiger partial charge in [-0.1, -0.05) is 77.6 Å². The largest absolute Gasteiger partial charge is 0.299 e. The summed E-state index contributed by atoms with van der Waals surface area (Å²) in [6, 6.07) is 0. The zero-order chi connectivity index (χ0) is 15.8. The van der Waals surface area contributed by atoms with E-state index in [0.717, 1.165) is 12.8 Å². The van der Waals surface area contributed by atoms with Gasteiger partial charge in [0.15, 0.2) is 0 Å². The Bertz CT molecular complexity index is 229. The Morgan fingerprint density at radius 3 is 2.14 bits per heavy atom. The average molecular weight is 300 g/mol. The maximum atomic E-state index is 12.2. The lowest BCUT2D eigenvalue weighted by Gasteiger charge is -2.17. The van der Waals surface area contributed by atoms with Gasteiger partial charge in [0, 0.05) is 12.3 Å². The third-order valence-corrected chi connectivity index (χ3v) is 4.59. The van der Waals surface area contributed by atoms with Crippen LogP contribution in [0.3, 0.4) is 0 Å². The van der Waals surface area contributed by atoms with Gasteiger partial charge >= 0.3 is 0 Å². The van der Waals surface area contributed by atoms with Crippen LogP contribution in [0.1, 0.15) is 103 Å². The van der Waals surface area contributed by atoms with Crippen LogP contribution in [0.5, 0.6) is 0 Å². The predicted octanol–water partition coefficient (Wildman–Crippen LogP) is 6.07. The second-order valence-electron chi connectivity index (χ2n) is 6.38. The van der Waals surface area contributed by atoms with E-state index in [4.69, 9.17) is 10.5 Å². The fraction of sp³-hybridized carbons (Fsp3) is 0.944. The smallest absolute Gasteiger partial charge is 0.135 e. The molecule has 1 unspecified atom stereocenters. The molecule has 3 heteroatoms. The molecule has 1 aliphatic rings. The Hall–Kier alpha value is -0.410. The maximum absolute atomic E-state index is 12.2. The van der Waals surface area contributed by atoms with Crippen molar-refractivity contribution in [1.29, 1.82) is 0 Å². The van der Waals surface area contributed by atoms with Crippen molar-refractivity contribution in [2.45, 2.75) is 103 Å². The van der Waals surface area contributed by atoms with E-state index < -0.39 is 0 Å². The second-order valence-corrected chi connectivity index (χ2v) is 6.38. The molecule has 1 saturated carbocycles. The summed E-state index contributed by atoms with van der Waals surface area (Å²) in [6.45, 7) is 2.26. The molecule has 126 valence electrons. The third-order valence-electron chi connectivity index (χ3n) is 4.59. The Kier molecular flexibility index (Phi) is 15.7. The Balaban J connectivity index is 0.00000191. The van der Waals surface area contributed by atoms with Gasteiger partial charge in [-0.3, -0.25) is 15.3 Å². The summed E-state index contributed by atoms with van der Waals surface area (Å²) in [5.74, 6) is 0.986. The van der Waals surface area contributed by atoms with Crippen LogP contribution in [-0.4, -0.2) is 16.3 Å². The van der Waals surface area contributed by atoms with E-state index in [1.54, 1.807) is 0 Å². The highest BCUT2D eigenvalue weighted by atomic mass is 17.0. The van der Waals surface area contributed by atoms with Crippen molar-refractivity contribution in [3.8, 4) is 0 Å². The number of carbonyl (C=O) groups is 1. The molecule has 0 aromatic carbocycles. The molecule has 1 fully saturated rings. The number of unbranched alkanes of at least 4 members (excludes halogenated alkanes) is 5. The van der Waals surface area contributed by atoms with Crippen LogP contribution in [0, 0.1) is 5.92 Å². The van der Waals surface area contributed by atoms with Gasteiger partial charge in [-0.05, 0) is 19.3 Å². The van der Waals surface area contributed by atoms with E-state index in [-0.39, 0.29) is 0 Å². The zero-order valence-corrected chi connectivity index (χ0v) is 14.0. The van der Waals surface area contributed by atoms with Crippen LogP contribution < -0.4 is 0 Å². The van der Waals surface area contributed by atoms with Gasteiger partial charge in [-0.2, -0.15) is 0 Å². The molecule has 21 heavy (non-hydrogen) atoms. The quantitative estimate of drug-likeness (QED) is 0.340. The van der Waals surface area contributed by atoms with Gasteiger partial charge in [0.05, 0.1) is 0 Å². The van der Waals surface area contributed by atoms with Gasteiger partial charge in [-0.25, -0.2) is 0 Å². The van der Waals surface area contributed by atoms with Crippen LogP contribution in [0.4, 0.5) is 0 Å². The van der Waals surface area contributed by atoms with Gasteiger partial charge in [0.25, 0.3) is 0 Å². The molecule has 1 rings (SSSR count). The van der Waals surface area contributed by atoms with Crippen molar-refractivity contribution < 1.29 is 15.3 Å². The first-order valence-corrected chi connectivity index (χ1v) is 9.07. The van der Waals surface area contributed by atoms with Crippen LogP contribution in [0.2, 0.25) is 0 Å². The molecule has 3 nitrogen and oxygen atoms in total. The SMILES string of the molecule is CCCCCCCCC1CCCCCCCCC1=O.OO. The Morgan fingerprint density at radius 2 is 1.43 bits per heavy atom. The van der Waals surface area contributed by atoms with Crippen molar-refractivity contribution in [3.05, 3.63) is 0 Å². The lowest BCUT2D eigenvalue weighted by Crippen LogP contribution is -2.15. The molecule has 0 radical (unpaired) electrons. The number of Topliss-reactive ketones (excluding diaryl/α,β-unsaturated/α-hetero) is 1. The summed E-state index contributed by atoms with van der Waals surface area (Å²) in [5, 5.41) is 12.0. The van der Waals surface area contributed by atoms with E-state index in [1.807, 2.05) is 0 Å². The fourth-order valence-electron chi connectivity index (χ4n) is 3.24. The third kappa shape index (κ3) is 11.9. The van der Waals surface area contributed by atoms with E-state index in [2.05, 4.69) is 6.92 Å². The normalized spacial score (nSPS) is 20.5. The highest BCUT2D eigenvalue weighted by Gasteiger charge is 2.17. The number of ketones is 1. The summed E-state index contributed by atoms with van der Waals surface area (Å²) < 4.78 is 0. The first kappa shape index (κ1) is 20.6. The van der Waals surface area contributed by atoms with Gasteiger partial charge in [-0.15, -0.1) is 0 Å². The van der Waals surface area contributed by atoms with Crippen molar-refractivity contribution >= 4 is 5.78 Å². The van der Waals surface area contributed by atoms with Crippen LogP contribution in [0.15, 0.2) is 0 Å². The van der Waals surface area contributed by atoms with Crippen LogP contribution in [-0.2, 0) is 4.79 Å². The lowest BCUT2D eigenvalue weighted by molar-refractivity contribution is -0.176. The molecule has 0 saturated heterocycles. The summed E-state index contributed by atoms with van der Waals surface area (Å²) in [7, 11) is 0. The van der Waals surface area contributed by atoms with Crippen LogP contribution >= 0.6 is 0 Å². The van der Waals surface area contributed by atoms with E-state index in [9.17, 15) is 4.79 Å². The van der Waals surface area contributed by atoms with Crippen LogP contribution in [0.25, 0.3) is 0 Å². The monoisotopic (exact) mass is 300 g/mol.